The summed E-state index contributed by atoms with van der Waals surface area (Å²) in [5.41, 5.74) is 4.69. The van der Waals surface area contributed by atoms with Crippen LogP contribution in [0.25, 0.3) is 11.0 Å². The number of nitrogens with zero attached hydrogens (tertiary/aromatic N) is 12. The molecule has 0 saturated carbocycles. The molecular formula is C52H56Cl2F2N16O7. The lowest BCUT2D eigenvalue weighted by Crippen LogP contribution is -2.44. The van der Waals surface area contributed by atoms with Gasteiger partial charge in [0.05, 0.1) is 97.7 Å². The minimum atomic E-state index is -0.609. The van der Waals surface area contributed by atoms with Gasteiger partial charge in [-0.05, 0) is 82.5 Å². The number of fused-ring (bicyclic) bond motifs is 2. The summed E-state index contributed by atoms with van der Waals surface area (Å²) in [6, 6.07) is 7.61. The molecule has 414 valence electrons. The molecule has 79 heavy (non-hydrogen) atoms. The maximum atomic E-state index is 13.4. The quantitative estimate of drug-likeness (QED) is 0.0423. The molecule has 2 aliphatic rings. The second-order valence-electron chi connectivity index (χ2n) is 18.4. The van der Waals surface area contributed by atoms with E-state index >= 15 is 0 Å². The van der Waals surface area contributed by atoms with Crippen molar-refractivity contribution < 1.29 is 42.8 Å². The number of halogens is 4. The number of rotatable bonds is 20. The second kappa shape index (κ2) is 26.2. The maximum absolute atomic E-state index is 13.4. The summed E-state index contributed by atoms with van der Waals surface area (Å²) >= 11 is 11.5. The van der Waals surface area contributed by atoms with Crippen LogP contribution in [0.15, 0.2) is 86.2 Å². The molecule has 6 aromatic heterocycles. The van der Waals surface area contributed by atoms with Gasteiger partial charge >= 0.3 is 0 Å². The zero-order chi connectivity index (χ0) is 55.4. The van der Waals surface area contributed by atoms with Crippen molar-refractivity contribution in [1.29, 1.82) is 0 Å². The number of anilines is 6. The van der Waals surface area contributed by atoms with Gasteiger partial charge in [0.1, 0.15) is 46.8 Å². The highest BCUT2D eigenvalue weighted by Gasteiger charge is 2.24. The van der Waals surface area contributed by atoms with Gasteiger partial charge in [-0.15, -0.1) is 0 Å². The summed E-state index contributed by atoms with van der Waals surface area (Å²) in [5.74, 6) is 0.398. The molecular weight excluding hydrogens is 1070 g/mol. The lowest BCUT2D eigenvalue weighted by atomic mass is 10.2. The van der Waals surface area contributed by atoms with E-state index in [9.17, 15) is 28.6 Å². The van der Waals surface area contributed by atoms with Gasteiger partial charge in [0.25, 0.3) is 11.8 Å². The molecule has 10 rings (SSSR count). The summed E-state index contributed by atoms with van der Waals surface area (Å²) in [4.78, 5) is 54.8. The fraction of sp³-hybridized carbons (Fsp3) is 0.346. The van der Waals surface area contributed by atoms with Crippen molar-refractivity contribution in [2.45, 2.75) is 51.7 Å². The van der Waals surface area contributed by atoms with E-state index < -0.39 is 23.4 Å². The molecule has 2 amide bonds. The van der Waals surface area contributed by atoms with Crippen LogP contribution in [-0.4, -0.2) is 159 Å². The molecule has 2 saturated heterocycles. The number of aliphatic hydroxyl groups excluding tert-OH is 2. The Bertz CT molecular complexity index is 3400. The second-order valence-corrected chi connectivity index (χ2v) is 19.3. The van der Waals surface area contributed by atoms with Gasteiger partial charge in [-0.1, -0.05) is 23.2 Å². The number of morpholine rings is 1. The lowest BCUT2D eigenvalue weighted by Gasteiger charge is -2.31. The van der Waals surface area contributed by atoms with Crippen LogP contribution in [0.1, 0.15) is 57.5 Å². The Morgan fingerprint density at radius 1 is 0.709 bits per heavy atom. The SMILES string of the molecule is Cc1c(OCCCN2CCC[C@H]2CO)cn2ncnc(Nc3cnc(NC(=O)c4ccc(F)c(Cl)c4)nc3)c12.Cc1c(OCCCN2CCO[C@H](CO)C2)cn2ncnc(Nc3cnc(NC(=O)c4ccc(F)c(Cl)c4)nc3)c12. The Balaban J connectivity index is 0.000000192. The highest BCUT2D eigenvalue weighted by Crippen LogP contribution is 2.32. The number of carbonyl (C=O) groups is 2. The molecule has 0 unspecified atom stereocenters. The number of aryl methyl sites for hydroxylation is 2. The van der Waals surface area contributed by atoms with Crippen molar-refractivity contribution in [2.75, 3.05) is 87.0 Å². The van der Waals surface area contributed by atoms with Crippen molar-refractivity contribution in [2.24, 2.45) is 0 Å². The van der Waals surface area contributed by atoms with Crippen molar-refractivity contribution >= 4 is 81.0 Å². The molecule has 2 aliphatic heterocycles. The Morgan fingerprint density at radius 2 is 1.22 bits per heavy atom. The van der Waals surface area contributed by atoms with Crippen LogP contribution in [0.2, 0.25) is 10.0 Å². The monoisotopic (exact) mass is 1120 g/mol. The van der Waals surface area contributed by atoms with Gasteiger partial charge in [0.2, 0.25) is 11.9 Å². The van der Waals surface area contributed by atoms with E-state index in [2.05, 4.69) is 71.2 Å². The van der Waals surface area contributed by atoms with Gasteiger partial charge < -0.3 is 35.1 Å². The van der Waals surface area contributed by atoms with Crippen molar-refractivity contribution in [3.8, 4) is 11.5 Å². The van der Waals surface area contributed by atoms with Gasteiger partial charge in [-0.2, -0.15) is 10.2 Å². The van der Waals surface area contributed by atoms with Gasteiger partial charge in [-0.3, -0.25) is 30.0 Å². The Kier molecular flexibility index (Phi) is 18.6. The predicted molar refractivity (Wildman–Crippen MR) is 290 cm³/mol. The summed E-state index contributed by atoms with van der Waals surface area (Å²) in [5, 5.41) is 38.6. The van der Waals surface area contributed by atoms with E-state index in [0.717, 1.165) is 92.7 Å². The number of nitrogens with one attached hydrogen (secondary N) is 4. The number of benzene rings is 2. The smallest absolute Gasteiger partial charge is 0.258 e. The number of aromatic nitrogens is 10. The Labute approximate surface area is 461 Å². The van der Waals surface area contributed by atoms with E-state index in [1.165, 1.54) is 61.7 Å². The first-order valence-electron chi connectivity index (χ1n) is 25.3. The molecule has 8 aromatic rings. The fourth-order valence-electron chi connectivity index (χ4n) is 8.97. The molecule has 2 aromatic carbocycles. The summed E-state index contributed by atoms with van der Waals surface area (Å²) < 4.78 is 47.7. The highest BCUT2D eigenvalue weighted by atomic mass is 35.5. The zero-order valence-corrected chi connectivity index (χ0v) is 44.5. The number of aliphatic hydroxyl groups is 2. The topological polar surface area (TPSA) is 269 Å². The zero-order valence-electron chi connectivity index (χ0n) is 43.0. The normalized spacial score (nSPS) is 15.6. The van der Waals surface area contributed by atoms with Crippen molar-refractivity contribution in [1.82, 2.24) is 58.9 Å². The molecule has 0 spiro atoms. The largest absolute Gasteiger partial charge is 0.492 e. The van der Waals surface area contributed by atoms with Crippen molar-refractivity contribution in [3.05, 3.63) is 130 Å². The third kappa shape index (κ3) is 14.1. The first-order chi connectivity index (χ1) is 38.3. The predicted octanol–water partition coefficient (Wildman–Crippen LogP) is 6.92. The molecule has 27 heteroatoms. The molecule has 0 aliphatic carbocycles. The van der Waals surface area contributed by atoms with E-state index in [4.69, 9.17) is 37.4 Å². The molecule has 8 heterocycles. The van der Waals surface area contributed by atoms with E-state index in [-0.39, 0.29) is 58.4 Å². The number of likely N-dealkylation sites (tertiary alicyclic amines) is 1. The molecule has 0 radical (unpaired) electrons. The van der Waals surface area contributed by atoms with Crippen LogP contribution >= 0.6 is 23.2 Å². The third-order valence-electron chi connectivity index (χ3n) is 13.1. The molecule has 2 atom stereocenters. The van der Waals surface area contributed by atoms with Gasteiger partial charge in [-0.25, -0.2) is 47.7 Å². The van der Waals surface area contributed by atoms with Crippen LogP contribution in [-0.2, 0) is 4.74 Å². The van der Waals surface area contributed by atoms with Crippen molar-refractivity contribution in [3.63, 3.8) is 0 Å². The minimum absolute atomic E-state index is 0.0288. The average Bonchev–Trinajstić information content (AvgIpc) is 4.28. The number of hydrogen-bond acceptors (Lipinski definition) is 19. The minimum Gasteiger partial charge on any atom is -0.492 e. The van der Waals surface area contributed by atoms with Crippen LogP contribution in [0.5, 0.6) is 11.5 Å². The average molecular weight is 1130 g/mol. The summed E-state index contributed by atoms with van der Waals surface area (Å²) in [6.45, 7) is 10.1. The molecule has 23 nitrogen and oxygen atoms in total. The maximum Gasteiger partial charge on any atom is 0.258 e. The molecule has 0 bridgehead atoms. The van der Waals surface area contributed by atoms with E-state index in [1.54, 1.807) is 9.03 Å². The van der Waals surface area contributed by atoms with Crippen LogP contribution in [0.3, 0.4) is 0 Å². The lowest BCUT2D eigenvalue weighted by molar-refractivity contribution is -0.0533. The summed E-state index contributed by atoms with van der Waals surface area (Å²) in [7, 11) is 0. The van der Waals surface area contributed by atoms with Crippen LogP contribution in [0, 0.1) is 25.5 Å². The van der Waals surface area contributed by atoms with Gasteiger partial charge in [0.15, 0.2) is 11.6 Å². The first-order valence-corrected chi connectivity index (χ1v) is 26.0. The first kappa shape index (κ1) is 56.0. The summed E-state index contributed by atoms with van der Waals surface area (Å²) in [6.07, 6.45) is 16.2. The van der Waals surface area contributed by atoms with E-state index in [0.29, 0.717) is 54.3 Å². The Hall–Kier alpha value is -7.78. The molecule has 6 N–H and O–H groups in total. The number of carbonyl (C=O) groups excluding carboxylic acids is 2. The standard InChI is InChI=1S/C26H28ClFN8O4.C26H28ClFN8O3/c1-16-22(40-7-2-5-35-6-8-39-19(12-35)14-37)13-36-23(16)24(31-15-32-36)33-18-10-29-26(30-11-18)34-25(38)17-3-4-21(28)20(27)9-17;1-16-22(39-9-3-8-35-7-2-4-19(35)14-37)13-36-23(16)24(31-15-32-36)33-18-11-29-26(30-12-18)34-25(38)17-5-6-21(28)20(27)10-17/h3-4,9-11,13,15,19,37H,2,5-8,12,14H2,1H3,(H,31,32,33)(H,29,30,34,38);5-6,10-13,15,19,37H,2-4,7-9,14H2,1H3,(H,31,32,33)(H,29,30,34,38)/t2*19-/m00/s1. The van der Waals surface area contributed by atoms with E-state index in [1.807, 2.05) is 26.2 Å². The van der Waals surface area contributed by atoms with Crippen LogP contribution < -0.4 is 30.7 Å². The molecule has 2 fully saturated rings. The highest BCUT2D eigenvalue weighted by molar-refractivity contribution is 6.31. The Morgan fingerprint density at radius 3 is 1.70 bits per heavy atom. The fourth-order valence-corrected chi connectivity index (χ4v) is 9.33. The number of ether oxygens (including phenoxy) is 3. The third-order valence-corrected chi connectivity index (χ3v) is 13.6. The van der Waals surface area contributed by atoms with Gasteiger partial charge in [0, 0.05) is 54.5 Å². The number of hydrogen-bond donors (Lipinski definition) is 6. The number of amides is 2. The van der Waals surface area contributed by atoms with Crippen LogP contribution in [0.4, 0.5) is 43.7 Å².